The van der Waals surface area contributed by atoms with Crippen LogP contribution in [0.3, 0.4) is 0 Å². The van der Waals surface area contributed by atoms with Crippen molar-refractivity contribution < 1.29 is 96.6 Å². The second-order valence-electron chi connectivity index (χ2n) is 25.1. The number of rotatable bonds is 7. The second kappa shape index (κ2) is 44.1. The van der Waals surface area contributed by atoms with Gasteiger partial charge in [0.1, 0.15) is 49.8 Å². The SMILES string of the molecule is C[C@H]1COCCN1.C[C@H]1COCCN1c1cc(C(=O)O)c(Cl)c(F)n1.C[C@H]1COCCN1c1cc(N)c(Cl)c(F)n1.C[C@H]1COCCN1c1cc(NC(=O)OC(C)(C)C)c(Cl)c(F)n1.C[C@H]1COCCN1c1ccc(Cl)c(F)n1.C[C@H]1COCCN1c1cccc(F)n1.Fc1cccc(F)n1.O=CC(F)(F)F. The molecule has 592 valence electrons. The number of carboxylic acid groups (broad SMARTS) is 1. The minimum absolute atomic E-state index is 0.00784. The van der Waals surface area contributed by atoms with E-state index < -0.39 is 76.8 Å². The zero-order chi connectivity index (χ0) is 79.3. The highest BCUT2D eigenvalue weighted by Crippen LogP contribution is 2.32. The number of nitrogens with zero attached hydrogens (tertiary/aromatic N) is 11. The predicted octanol–water partition coefficient (Wildman–Crippen LogP) is 12.6. The number of aldehydes is 1. The summed E-state index contributed by atoms with van der Waals surface area (Å²) in [6.07, 6.45) is -6.40. The highest BCUT2D eigenvalue weighted by molar-refractivity contribution is 6.34. The van der Waals surface area contributed by atoms with Gasteiger partial charge in [-0.3, -0.25) is 10.1 Å². The number of ether oxygens (including phenoxy) is 7. The summed E-state index contributed by atoms with van der Waals surface area (Å²) in [4.78, 5) is 63.2. The molecule has 25 nitrogen and oxygen atoms in total. The molecule has 6 aromatic rings. The van der Waals surface area contributed by atoms with Crippen molar-refractivity contribution in [1.82, 2.24) is 35.2 Å². The third-order valence-electron chi connectivity index (χ3n) is 15.3. The number of hydrogen-bond acceptors (Lipinski definition) is 23. The lowest BCUT2D eigenvalue weighted by molar-refractivity contribution is -0.156. The number of aromatic nitrogens is 6. The monoisotopic (exact) mass is 1600 g/mol. The Balaban J connectivity index is 0.000000226. The van der Waals surface area contributed by atoms with Crippen LogP contribution in [-0.2, 0) is 38.0 Å². The molecule has 6 aromatic heterocycles. The molecule has 6 aliphatic heterocycles. The summed E-state index contributed by atoms with van der Waals surface area (Å²) in [6, 6.07) is 17.2. The van der Waals surface area contributed by atoms with Crippen LogP contribution in [0, 0.1) is 41.6 Å². The standard InChI is InChI=1S/C15H21ClFN3O3.C11H12ClFN2O3.C10H13ClFN3O.C10H12ClFN2O.C10H13FN2O.C5H3F2N.C5H11NO.C2HF3O/c1-9-8-22-6-5-20(9)11-7-10(12(16)13(17)19-11)18-14(21)23-15(2,3)4;1-6-5-18-3-2-15(6)8-4-7(11(16)17)9(12)10(13)14-8;1-6-5-16-3-2-15(6)8-4-7(13)9(11)10(12)14-8;1-7-6-15-5-4-14(7)9-3-2-8(11)10(12)13-9;1-8-7-14-6-5-13(8)10-4-2-3-9(11)12-10;6-4-2-1-3-5(7)8-4;1-5-4-7-3-2-6-5;3-2(4,5)1-6/h7,9H,5-6,8H2,1-4H3,(H,18,19,21);4,6H,2-3,5H2,1H3,(H,16,17);4,6H,2-3,5H2,1H3,(H2,13,14);2-3,7H,4-6H2,1H3;2-4,8H,5-7H2,1H3;1-3H;5-6H,2-4H2,1H3;1H/t9-;2*6-;7-;8-;;5-;/m00000.0./s1. The fourth-order valence-corrected chi connectivity index (χ4v) is 10.6. The first-order chi connectivity index (χ1) is 50.5. The summed E-state index contributed by atoms with van der Waals surface area (Å²) in [5, 5.41) is 13.9. The molecule has 12 heterocycles. The summed E-state index contributed by atoms with van der Waals surface area (Å²) in [5.74, 6) is -3.94. The van der Waals surface area contributed by atoms with Crippen molar-refractivity contribution in [2.24, 2.45) is 0 Å². The van der Waals surface area contributed by atoms with Crippen LogP contribution in [0.5, 0.6) is 0 Å². The molecular weight excluding hydrogens is 1520 g/mol. The number of carbonyl (C=O) groups excluding carboxylic acids is 2. The second-order valence-corrected chi connectivity index (χ2v) is 26.6. The molecule has 0 unspecified atom stereocenters. The van der Waals surface area contributed by atoms with E-state index in [1.807, 2.05) is 55.4 Å². The number of nitrogens with one attached hydrogen (secondary N) is 2. The number of pyridine rings is 6. The average Bonchev–Trinajstić information content (AvgIpc) is 0.838. The molecule has 12 rings (SSSR count). The number of alkyl halides is 3. The van der Waals surface area contributed by atoms with E-state index in [2.05, 4.69) is 52.4 Å². The number of carboxylic acids is 1. The van der Waals surface area contributed by atoms with Crippen LogP contribution in [0.25, 0.3) is 0 Å². The Hall–Kier alpha value is -7.71. The number of aromatic carboxylic acids is 1. The first kappa shape index (κ1) is 89.9. The van der Waals surface area contributed by atoms with E-state index in [1.165, 1.54) is 30.3 Å². The van der Waals surface area contributed by atoms with Crippen LogP contribution < -0.4 is 40.9 Å². The maximum Gasteiger partial charge on any atom is 0.446 e. The summed E-state index contributed by atoms with van der Waals surface area (Å²) in [6.45, 7) is 29.2. The first-order valence-electron chi connectivity index (χ1n) is 33.3. The molecule has 0 spiro atoms. The molecule has 6 aliphatic rings. The molecule has 6 saturated heterocycles. The molecule has 0 radical (unpaired) electrons. The van der Waals surface area contributed by atoms with Gasteiger partial charge in [-0.15, -0.1) is 0 Å². The Morgan fingerprint density at radius 1 is 0.523 bits per heavy atom. The molecule has 0 saturated carbocycles. The molecule has 5 N–H and O–H groups in total. The van der Waals surface area contributed by atoms with Crippen LogP contribution in [0.2, 0.25) is 20.1 Å². The number of anilines is 7. The smallest absolute Gasteiger partial charge is 0.446 e. The van der Waals surface area contributed by atoms with Crippen LogP contribution in [0.4, 0.5) is 89.2 Å². The van der Waals surface area contributed by atoms with Crippen molar-refractivity contribution in [3.63, 3.8) is 0 Å². The average molecular weight is 1610 g/mol. The number of hydrogen-bond donors (Lipinski definition) is 4. The Kier molecular flexibility index (Phi) is 37.0. The van der Waals surface area contributed by atoms with Gasteiger partial charge in [-0.25, -0.2) is 34.5 Å². The van der Waals surface area contributed by atoms with Crippen LogP contribution in [-0.4, -0.2) is 220 Å². The van der Waals surface area contributed by atoms with E-state index in [0.29, 0.717) is 115 Å². The van der Waals surface area contributed by atoms with Gasteiger partial charge in [0.05, 0.1) is 131 Å². The lowest BCUT2D eigenvalue weighted by Crippen LogP contribution is -2.44. The van der Waals surface area contributed by atoms with Crippen molar-refractivity contribution in [2.45, 2.75) is 110 Å². The van der Waals surface area contributed by atoms with Gasteiger partial charge >= 0.3 is 18.2 Å². The van der Waals surface area contributed by atoms with E-state index in [0.717, 1.165) is 45.0 Å². The van der Waals surface area contributed by atoms with Crippen molar-refractivity contribution in [2.75, 3.05) is 154 Å². The van der Waals surface area contributed by atoms with Crippen molar-refractivity contribution in [3.05, 3.63) is 134 Å². The van der Waals surface area contributed by atoms with Crippen molar-refractivity contribution in [1.29, 1.82) is 0 Å². The summed E-state index contributed by atoms with van der Waals surface area (Å²) >= 11 is 22.7. The Morgan fingerprint density at radius 2 is 0.897 bits per heavy atom. The van der Waals surface area contributed by atoms with Crippen molar-refractivity contribution >= 4 is 105 Å². The molecule has 6 fully saturated rings. The molecule has 1 amide bonds. The normalized spacial score (nSPS) is 20.0. The molecular formula is C68H86Cl4F10N14O11. The molecule has 39 heteroatoms. The minimum Gasteiger partial charge on any atom is -0.478 e. The van der Waals surface area contributed by atoms with E-state index >= 15 is 0 Å². The number of nitrogen functional groups attached to an aromatic ring is 1. The molecule has 0 aromatic carbocycles. The largest absolute Gasteiger partial charge is 0.478 e. The van der Waals surface area contributed by atoms with Crippen LogP contribution >= 0.6 is 46.4 Å². The third kappa shape index (κ3) is 30.7. The number of nitrogens with two attached hydrogens (primary N) is 1. The van der Waals surface area contributed by atoms with Crippen molar-refractivity contribution in [3.8, 4) is 0 Å². The topological polar surface area (TPSA) is 280 Å². The predicted molar refractivity (Wildman–Crippen MR) is 385 cm³/mol. The van der Waals surface area contributed by atoms with E-state index in [9.17, 15) is 53.5 Å². The number of halogens is 14. The zero-order valence-electron chi connectivity index (χ0n) is 59.9. The zero-order valence-corrected chi connectivity index (χ0v) is 63.0. The summed E-state index contributed by atoms with van der Waals surface area (Å²) in [5.41, 5.74) is 5.00. The third-order valence-corrected chi connectivity index (χ3v) is 16.7. The molecule has 107 heavy (non-hydrogen) atoms. The Labute approximate surface area is 632 Å². The maximum absolute atomic E-state index is 14.0. The summed E-state index contributed by atoms with van der Waals surface area (Å²) < 4.78 is 159. The highest BCUT2D eigenvalue weighted by Gasteiger charge is 2.29. The van der Waals surface area contributed by atoms with Gasteiger partial charge < -0.3 is 73.8 Å². The number of amides is 1. The molecule has 6 atom stereocenters. The van der Waals surface area contributed by atoms with Gasteiger partial charge in [0, 0.05) is 57.4 Å². The molecule has 0 aliphatic carbocycles. The lowest BCUT2D eigenvalue weighted by atomic mass is 10.2. The van der Waals surface area contributed by atoms with E-state index in [4.69, 9.17) is 95.2 Å². The van der Waals surface area contributed by atoms with Gasteiger partial charge in [0.15, 0.2) is 0 Å². The number of morpholine rings is 6. The first-order valence-corrected chi connectivity index (χ1v) is 34.8. The highest BCUT2D eigenvalue weighted by atomic mass is 35.5. The quantitative estimate of drug-likeness (QED) is 0.0656. The Morgan fingerprint density at radius 3 is 1.24 bits per heavy atom. The Bertz CT molecular complexity index is 3760. The van der Waals surface area contributed by atoms with Gasteiger partial charge in [-0.2, -0.15) is 48.9 Å². The van der Waals surface area contributed by atoms with Gasteiger partial charge in [-0.05, 0) is 105 Å². The van der Waals surface area contributed by atoms with E-state index in [-0.39, 0.29) is 68.0 Å². The molecule has 0 bridgehead atoms. The lowest BCUT2D eigenvalue weighted by Gasteiger charge is -2.34. The maximum atomic E-state index is 14.0. The van der Waals surface area contributed by atoms with E-state index in [1.54, 1.807) is 43.9 Å². The van der Waals surface area contributed by atoms with Crippen LogP contribution in [0.15, 0.2) is 66.7 Å². The van der Waals surface area contributed by atoms with Gasteiger partial charge in [0.2, 0.25) is 47.9 Å². The fraction of sp³-hybridized carbons (Fsp3) is 0.515. The van der Waals surface area contributed by atoms with Gasteiger partial charge in [0.25, 0.3) is 0 Å². The van der Waals surface area contributed by atoms with Crippen LogP contribution in [0.1, 0.15) is 72.7 Å². The number of carbonyl (C=O) groups is 3. The minimum atomic E-state index is -4.64. The van der Waals surface area contributed by atoms with Gasteiger partial charge in [-0.1, -0.05) is 58.5 Å². The summed E-state index contributed by atoms with van der Waals surface area (Å²) in [7, 11) is 0. The fourth-order valence-electron chi connectivity index (χ4n) is 10.1.